The predicted molar refractivity (Wildman–Crippen MR) is 74.4 cm³/mol. The molecule has 0 saturated carbocycles. The Labute approximate surface area is 103 Å². The number of nitrogens with zero attached hydrogens (tertiary/aromatic N) is 2. The first kappa shape index (κ1) is 9.71. The fraction of sp³-hybridized carbons (Fsp3) is 0.133. The molecule has 0 saturated heterocycles. The van der Waals surface area contributed by atoms with Gasteiger partial charge in [0.2, 0.25) is 0 Å². The molecular weight excluding hydrogens is 224 g/mol. The summed E-state index contributed by atoms with van der Waals surface area (Å²) >= 11 is 0. The van der Waals surface area contributed by atoms with Crippen molar-refractivity contribution in [3.63, 3.8) is 0 Å². The molecule has 1 heterocycles. The van der Waals surface area contributed by atoms with Gasteiger partial charge in [-0.25, -0.2) is 4.79 Å². The third-order valence-corrected chi connectivity index (χ3v) is 3.92. The van der Waals surface area contributed by atoms with E-state index in [0.29, 0.717) is 0 Å². The molecule has 0 unspecified atom stereocenters. The van der Waals surface area contributed by atoms with Crippen LogP contribution in [-0.2, 0) is 14.1 Å². The van der Waals surface area contributed by atoms with Crippen LogP contribution in [-0.4, -0.2) is 9.13 Å². The van der Waals surface area contributed by atoms with Crippen molar-refractivity contribution >= 4 is 32.6 Å². The molecule has 0 aliphatic carbocycles. The van der Waals surface area contributed by atoms with Gasteiger partial charge in [0.15, 0.2) is 0 Å². The Bertz CT molecular complexity index is 887. The van der Waals surface area contributed by atoms with E-state index in [1.807, 2.05) is 26.2 Å². The highest BCUT2D eigenvalue weighted by molar-refractivity contribution is 6.22. The summed E-state index contributed by atoms with van der Waals surface area (Å²) in [5.74, 6) is 0. The van der Waals surface area contributed by atoms with E-state index in [1.165, 1.54) is 21.5 Å². The van der Waals surface area contributed by atoms with E-state index < -0.39 is 0 Å². The molecule has 3 aromatic carbocycles. The van der Waals surface area contributed by atoms with Crippen LogP contribution in [0, 0.1) is 0 Å². The van der Waals surface area contributed by atoms with Crippen molar-refractivity contribution in [2.75, 3.05) is 0 Å². The average Bonchev–Trinajstić information content (AvgIpc) is 2.81. The number of hydrogen-bond donors (Lipinski definition) is 0. The van der Waals surface area contributed by atoms with Crippen molar-refractivity contribution in [2.24, 2.45) is 14.1 Å². The van der Waals surface area contributed by atoms with Crippen molar-refractivity contribution in [2.45, 2.75) is 0 Å². The molecule has 0 bridgehead atoms. The van der Waals surface area contributed by atoms with E-state index in [0.717, 1.165) is 11.0 Å². The molecule has 4 rings (SSSR count). The third-order valence-electron chi connectivity index (χ3n) is 3.92. The minimum Gasteiger partial charge on any atom is -0.296 e. The van der Waals surface area contributed by atoms with Crippen LogP contribution in [0.5, 0.6) is 0 Å². The smallest absolute Gasteiger partial charge is 0.296 e. The third kappa shape index (κ3) is 0.933. The standard InChI is InChI=1S/C15H12N2O/c1-16-11-7-5-9-3-4-10-6-8-12(14(11)13(9)10)17(2)15(16)18/h3-8H,1-2H3. The molecule has 0 atom stereocenters. The van der Waals surface area contributed by atoms with Crippen LogP contribution in [0.1, 0.15) is 0 Å². The largest absolute Gasteiger partial charge is 0.328 e. The lowest BCUT2D eigenvalue weighted by Gasteiger charge is -2.13. The SMILES string of the molecule is Cn1c(=O)n(C)c2ccc3ccc4ccc1c2c43. The summed E-state index contributed by atoms with van der Waals surface area (Å²) in [6.45, 7) is 0. The summed E-state index contributed by atoms with van der Waals surface area (Å²) < 4.78 is 3.43. The van der Waals surface area contributed by atoms with Crippen molar-refractivity contribution in [3.05, 3.63) is 46.9 Å². The molecule has 0 fully saturated rings. The molecule has 0 radical (unpaired) electrons. The Morgan fingerprint density at radius 1 is 0.722 bits per heavy atom. The molecule has 4 aromatic rings. The highest BCUT2D eigenvalue weighted by Crippen LogP contribution is 2.34. The molecule has 0 aliphatic rings. The molecule has 0 N–H and O–H groups in total. The van der Waals surface area contributed by atoms with Gasteiger partial charge in [-0.3, -0.25) is 9.13 Å². The van der Waals surface area contributed by atoms with Crippen molar-refractivity contribution in [3.8, 4) is 0 Å². The number of rotatable bonds is 0. The molecule has 0 amide bonds. The van der Waals surface area contributed by atoms with Crippen LogP contribution in [0.25, 0.3) is 32.6 Å². The maximum absolute atomic E-state index is 12.1. The van der Waals surface area contributed by atoms with Gasteiger partial charge in [-0.1, -0.05) is 24.3 Å². The number of hydrogen-bond acceptors (Lipinski definition) is 1. The average molecular weight is 236 g/mol. The molecule has 0 aliphatic heterocycles. The van der Waals surface area contributed by atoms with Crippen LogP contribution >= 0.6 is 0 Å². The molecule has 0 spiro atoms. The zero-order valence-electron chi connectivity index (χ0n) is 10.3. The Morgan fingerprint density at radius 2 is 1.17 bits per heavy atom. The van der Waals surface area contributed by atoms with E-state index in [-0.39, 0.29) is 5.69 Å². The molecule has 88 valence electrons. The second-order valence-corrected chi connectivity index (χ2v) is 4.83. The highest BCUT2D eigenvalue weighted by atomic mass is 16.1. The molecule has 18 heavy (non-hydrogen) atoms. The van der Waals surface area contributed by atoms with Gasteiger partial charge in [-0.2, -0.15) is 0 Å². The molecule has 3 heteroatoms. The van der Waals surface area contributed by atoms with E-state index in [1.54, 1.807) is 9.13 Å². The number of aryl methyl sites for hydroxylation is 2. The Morgan fingerprint density at radius 3 is 1.67 bits per heavy atom. The topological polar surface area (TPSA) is 26.9 Å². The summed E-state index contributed by atoms with van der Waals surface area (Å²) in [6, 6.07) is 12.5. The molecular formula is C15H12N2O. The summed E-state index contributed by atoms with van der Waals surface area (Å²) in [4.78, 5) is 12.1. The van der Waals surface area contributed by atoms with Gasteiger partial charge in [0.25, 0.3) is 0 Å². The second kappa shape index (κ2) is 2.93. The van der Waals surface area contributed by atoms with E-state index >= 15 is 0 Å². The van der Waals surface area contributed by atoms with E-state index in [2.05, 4.69) is 24.3 Å². The predicted octanol–water partition coefficient (Wildman–Crippen LogP) is 2.62. The van der Waals surface area contributed by atoms with Crippen molar-refractivity contribution in [1.82, 2.24) is 9.13 Å². The minimum atomic E-state index is 0.0107. The maximum atomic E-state index is 12.1. The van der Waals surface area contributed by atoms with Crippen LogP contribution in [0.2, 0.25) is 0 Å². The molecule has 1 aromatic heterocycles. The lowest BCUT2D eigenvalue weighted by molar-refractivity contribution is 0.756. The second-order valence-electron chi connectivity index (χ2n) is 4.83. The minimum absolute atomic E-state index is 0.0107. The van der Waals surface area contributed by atoms with Gasteiger partial charge >= 0.3 is 5.69 Å². The lowest BCUT2D eigenvalue weighted by atomic mass is 10.0. The Hall–Kier alpha value is -2.29. The van der Waals surface area contributed by atoms with E-state index in [4.69, 9.17) is 0 Å². The summed E-state index contributed by atoms with van der Waals surface area (Å²) in [5.41, 5.74) is 2.01. The molecule has 3 nitrogen and oxygen atoms in total. The van der Waals surface area contributed by atoms with Crippen molar-refractivity contribution < 1.29 is 0 Å². The van der Waals surface area contributed by atoms with Crippen LogP contribution in [0.4, 0.5) is 0 Å². The number of aromatic nitrogens is 2. The van der Waals surface area contributed by atoms with Gasteiger partial charge in [0.1, 0.15) is 0 Å². The highest BCUT2D eigenvalue weighted by Gasteiger charge is 2.13. The maximum Gasteiger partial charge on any atom is 0.328 e. The van der Waals surface area contributed by atoms with E-state index in [9.17, 15) is 4.79 Å². The zero-order chi connectivity index (χ0) is 12.4. The van der Waals surface area contributed by atoms with Crippen LogP contribution < -0.4 is 5.69 Å². The van der Waals surface area contributed by atoms with Gasteiger partial charge in [-0.15, -0.1) is 0 Å². The fourth-order valence-corrected chi connectivity index (χ4v) is 2.96. The lowest BCUT2D eigenvalue weighted by Crippen LogP contribution is -2.27. The van der Waals surface area contributed by atoms with Crippen LogP contribution in [0.3, 0.4) is 0 Å². The fourth-order valence-electron chi connectivity index (χ4n) is 2.96. The van der Waals surface area contributed by atoms with Crippen LogP contribution in [0.15, 0.2) is 41.2 Å². The first-order chi connectivity index (χ1) is 8.68. The van der Waals surface area contributed by atoms with Gasteiger partial charge in [0.05, 0.1) is 11.0 Å². The summed E-state index contributed by atoms with van der Waals surface area (Å²) in [7, 11) is 3.66. The first-order valence-corrected chi connectivity index (χ1v) is 5.98. The van der Waals surface area contributed by atoms with Gasteiger partial charge < -0.3 is 0 Å². The quantitative estimate of drug-likeness (QED) is 0.461. The normalized spacial score (nSPS) is 12.1. The monoisotopic (exact) mass is 236 g/mol. The first-order valence-electron chi connectivity index (χ1n) is 5.98. The number of benzene rings is 2. The summed E-state index contributed by atoms with van der Waals surface area (Å²) in [6.07, 6.45) is 0. The van der Waals surface area contributed by atoms with Crippen molar-refractivity contribution in [1.29, 1.82) is 0 Å². The Balaban J connectivity index is 2.53. The van der Waals surface area contributed by atoms with Gasteiger partial charge in [-0.05, 0) is 22.9 Å². The Kier molecular flexibility index (Phi) is 1.58. The zero-order valence-corrected chi connectivity index (χ0v) is 10.3. The summed E-state index contributed by atoms with van der Waals surface area (Å²) in [5, 5.41) is 4.92. The van der Waals surface area contributed by atoms with Gasteiger partial charge in [0, 0.05) is 24.9 Å².